The summed E-state index contributed by atoms with van der Waals surface area (Å²) in [6.07, 6.45) is 0. The van der Waals surface area contributed by atoms with E-state index in [0.29, 0.717) is 6.54 Å². The van der Waals surface area contributed by atoms with Crippen molar-refractivity contribution >= 4 is 0 Å². The molecule has 1 aromatic carbocycles. The van der Waals surface area contributed by atoms with E-state index in [2.05, 4.69) is 26.0 Å². The van der Waals surface area contributed by atoms with Crippen molar-refractivity contribution in [1.82, 2.24) is 0 Å². The molecule has 84 valence electrons. The molecule has 0 spiro atoms. The van der Waals surface area contributed by atoms with E-state index in [1.165, 1.54) is 5.56 Å². The molecule has 1 rings (SSSR count). The average molecular weight is 207 g/mol. The normalized spacial score (nSPS) is 16.1. The smallest absolute Gasteiger partial charge is 0.0505 e. The van der Waals surface area contributed by atoms with Crippen LogP contribution in [0.2, 0.25) is 0 Å². The third kappa shape index (κ3) is 2.06. The van der Waals surface area contributed by atoms with Crippen LogP contribution in [0, 0.1) is 5.41 Å². The summed E-state index contributed by atoms with van der Waals surface area (Å²) in [5, 5.41) is 9.50. The molecule has 2 heteroatoms. The molecule has 0 amide bonds. The highest BCUT2D eigenvalue weighted by Crippen LogP contribution is 2.40. The summed E-state index contributed by atoms with van der Waals surface area (Å²) in [4.78, 5) is 0. The number of aliphatic hydroxyl groups excluding tert-OH is 1. The van der Waals surface area contributed by atoms with Gasteiger partial charge in [0.05, 0.1) is 6.61 Å². The highest BCUT2D eigenvalue weighted by atomic mass is 16.3. The lowest BCUT2D eigenvalue weighted by atomic mass is 9.63. The molecule has 0 aliphatic heterocycles. The summed E-state index contributed by atoms with van der Waals surface area (Å²) >= 11 is 0. The van der Waals surface area contributed by atoms with Crippen LogP contribution in [0.15, 0.2) is 30.3 Å². The first-order valence-corrected chi connectivity index (χ1v) is 5.34. The largest absolute Gasteiger partial charge is 0.396 e. The van der Waals surface area contributed by atoms with Gasteiger partial charge in [-0.05, 0) is 11.0 Å². The fourth-order valence-corrected chi connectivity index (χ4v) is 1.72. The summed E-state index contributed by atoms with van der Waals surface area (Å²) in [7, 11) is 0. The molecule has 1 atom stereocenters. The second kappa shape index (κ2) is 4.33. The predicted molar refractivity (Wildman–Crippen MR) is 63.7 cm³/mol. The van der Waals surface area contributed by atoms with Crippen LogP contribution in [0.3, 0.4) is 0 Å². The summed E-state index contributed by atoms with van der Waals surface area (Å²) < 4.78 is 0. The van der Waals surface area contributed by atoms with Crippen LogP contribution in [0.25, 0.3) is 0 Å². The standard InChI is InChI=1S/C13H21NO/c1-12(2,13(3,9-14)10-15)11-7-5-4-6-8-11/h4-8,15H,9-10,14H2,1-3H3. The van der Waals surface area contributed by atoms with Gasteiger partial charge >= 0.3 is 0 Å². The number of benzene rings is 1. The molecule has 1 unspecified atom stereocenters. The molecule has 1 aromatic rings. The van der Waals surface area contributed by atoms with Gasteiger partial charge in [0.25, 0.3) is 0 Å². The van der Waals surface area contributed by atoms with Crippen molar-refractivity contribution in [3.05, 3.63) is 35.9 Å². The summed E-state index contributed by atoms with van der Waals surface area (Å²) in [6.45, 7) is 6.87. The number of nitrogens with two attached hydrogens (primary N) is 1. The molecule has 3 N–H and O–H groups in total. The van der Waals surface area contributed by atoms with Crippen molar-refractivity contribution in [1.29, 1.82) is 0 Å². The van der Waals surface area contributed by atoms with Gasteiger partial charge in [-0.1, -0.05) is 51.1 Å². The Kier molecular flexibility index (Phi) is 3.53. The van der Waals surface area contributed by atoms with Crippen LogP contribution >= 0.6 is 0 Å². The van der Waals surface area contributed by atoms with Crippen LogP contribution in [0.1, 0.15) is 26.3 Å². The Morgan fingerprint density at radius 1 is 1.13 bits per heavy atom. The van der Waals surface area contributed by atoms with Crippen LogP contribution in [0.5, 0.6) is 0 Å². The molecule has 0 fully saturated rings. The predicted octanol–water partition coefficient (Wildman–Crippen LogP) is 1.92. The van der Waals surface area contributed by atoms with Crippen LogP contribution in [-0.4, -0.2) is 18.3 Å². The SMILES string of the molecule is CC(CN)(CO)C(C)(C)c1ccccc1. The number of aliphatic hydroxyl groups is 1. The van der Waals surface area contributed by atoms with E-state index in [1.807, 2.05) is 25.1 Å². The zero-order valence-electron chi connectivity index (χ0n) is 9.83. The zero-order valence-corrected chi connectivity index (χ0v) is 9.83. The molecule has 2 nitrogen and oxygen atoms in total. The van der Waals surface area contributed by atoms with Gasteiger partial charge in [-0.15, -0.1) is 0 Å². The van der Waals surface area contributed by atoms with Gasteiger partial charge in [0.1, 0.15) is 0 Å². The second-order valence-electron chi connectivity index (χ2n) is 4.91. The molecule has 0 bridgehead atoms. The Labute approximate surface area is 92.1 Å². The molecule has 0 aliphatic carbocycles. The van der Waals surface area contributed by atoms with Crippen LogP contribution in [0.4, 0.5) is 0 Å². The lowest BCUT2D eigenvalue weighted by molar-refractivity contribution is 0.0779. The van der Waals surface area contributed by atoms with E-state index in [9.17, 15) is 5.11 Å². The third-order valence-corrected chi connectivity index (χ3v) is 3.80. The Balaban J connectivity index is 3.12. The maximum atomic E-state index is 9.50. The zero-order chi connectivity index (χ0) is 11.5. The van der Waals surface area contributed by atoms with Crippen molar-refractivity contribution in [2.75, 3.05) is 13.2 Å². The van der Waals surface area contributed by atoms with E-state index in [0.717, 1.165) is 0 Å². The van der Waals surface area contributed by atoms with Gasteiger partial charge in [-0.25, -0.2) is 0 Å². The Hall–Kier alpha value is -0.860. The Morgan fingerprint density at radius 2 is 1.67 bits per heavy atom. The number of hydrogen-bond acceptors (Lipinski definition) is 2. The van der Waals surface area contributed by atoms with Crippen LogP contribution in [-0.2, 0) is 5.41 Å². The van der Waals surface area contributed by atoms with E-state index >= 15 is 0 Å². The lowest BCUT2D eigenvalue weighted by Crippen LogP contribution is -2.47. The molecular weight excluding hydrogens is 186 g/mol. The minimum absolute atomic E-state index is 0.103. The van der Waals surface area contributed by atoms with E-state index < -0.39 is 0 Å². The van der Waals surface area contributed by atoms with E-state index in [-0.39, 0.29) is 17.4 Å². The maximum absolute atomic E-state index is 9.50. The summed E-state index contributed by atoms with van der Waals surface area (Å²) in [5.41, 5.74) is 6.59. The summed E-state index contributed by atoms with van der Waals surface area (Å²) in [5.74, 6) is 0. The van der Waals surface area contributed by atoms with E-state index in [1.54, 1.807) is 0 Å². The molecule has 0 aliphatic rings. The molecule has 15 heavy (non-hydrogen) atoms. The summed E-state index contributed by atoms with van der Waals surface area (Å²) in [6, 6.07) is 10.2. The molecular formula is C13H21NO. The van der Waals surface area contributed by atoms with Crippen molar-refractivity contribution in [3.63, 3.8) is 0 Å². The van der Waals surface area contributed by atoms with Crippen molar-refractivity contribution in [2.45, 2.75) is 26.2 Å². The topological polar surface area (TPSA) is 46.2 Å². The number of hydrogen-bond donors (Lipinski definition) is 2. The van der Waals surface area contributed by atoms with Gasteiger partial charge in [0, 0.05) is 12.0 Å². The maximum Gasteiger partial charge on any atom is 0.0505 e. The quantitative estimate of drug-likeness (QED) is 0.792. The second-order valence-corrected chi connectivity index (χ2v) is 4.91. The fraction of sp³-hybridized carbons (Fsp3) is 0.538. The average Bonchev–Trinajstić information content (AvgIpc) is 2.29. The molecule has 0 aromatic heterocycles. The first kappa shape index (κ1) is 12.2. The molecule has 0 saturated heterocycles. The minimum atomic E-state index is -0.283. The van der Waals surface area contributed by atoms with Crippen LogP contribution < -0.4 is 5.73 Å². The Morgan fingerprint density at radius 3 is 2.07 bits per heavy atom. The van der Waals surface area contributed by atoms with Gasteiger partial charge < -0.3 is 10.8 Å². The molecule has 0 heterocycles. The Bertz CT molecular complexity index is 302. The van der Waals surface area contributed by atoms with Gasteiger partial charge in [0.15, 0.2) is 0 Å². The highest BCUT2D eigenvalue weighted by molar-refractivity contribution is 5.26. The lowest BCUT2D eigenvalue weighted by Gasteiger charge is -2.43. The van der Waals surface area contributed by atoms with Crippen molar-refractivity contribution in [2.24, 2.45) is 11.1 Å². The van der Waals surface area contributed by atoms with Crippen molar-refractivity contribution < 1.29 is 5.11 Å². The first-order valence-electron chi connectivity index (χ1n) is 5.34. The molecule has 0 saturated carbocycles. The van der Waals surface area contributed by atoms with Gasteiger partial charge in [-0.3, -0.25) is 0 Å². The third-order valence-electron chi connectivity index (χ3n) is 3.80. The van der Waals surface area contributed by atoms with Gasteiger partial charge in [0.2, 0.25) is 0 Å². The first-order chi connectivity index (χ1) is 6.98. The van der Waals surface area contributed by atoms with Gasteiger partial charge in [-0.2, -0.15) is 0 Å². The number of rotatable bonds is 4. The monoisotopic (exact) mass is 207 g/mol. The fourth-order valence-electron chi connectivity index (χ4n) is 1.72. The van der Waals surface area contributed by atoms with E-state index in [4.69, 9.17) is 5.73 Å². The minimum Gasteiger partial charge on any atom is -0.396 e. The van der Waals surface area contributed by atoms with Crippen molar-refractivity contribution in [3.8, 4) is 0 Å². The highest BCUT2D eigenvalue weighted by Gasteiger charge is 2.40. The molecule has 0 radical (unpaired) electrons.